The van der Waals surface area contributed by atoms with Crippen molar-refractivity contribution in [1.82, 2.24) is 0 Å². The summed E-state index contributed by atoms with van der Waals surface area (Å²) in [6, 6.07) is 4.42. The van der Waals surface area contributed by atoms with Crippen molar-refractivity contribution in [3.8, 4) is 16.9 Å². The second kappa shape index (κ2) is 7.29. The maximum atomic E-state index is 13.1. The fourth-order valence-electron chi connectivity index (χ4n) is 2.44. The van der Waals surface area contributed by atoms with Crippen molar-refractivity contribution < 1.29 is 45.8 Å². The number of alkyl halides is 6. The van der Waals surface area contributed by atoms with Gasteiger partial charge in [-0.15, -0.1) is 0 Å². The van der Waals surface area contributed by atoms with E-state index in [0.29, 0.717) is 18.4 Å². The quantitative estimate of drug-likeness (QED) is 0.337. The average Bonchev–Trinajstić information content (AvgIpc) is 2.53. The molecular formula is C17H10F6O4. The Kier molecular flexibility index (Phi) is 5.48. The number of hydrogen-bond acceptors (Lipinski definition) is 3. The van der Waals surface area contributed by atoms with Gasteiger partial charge in [0.15, 0.2) is 0 Å². The molecule has 2 aromatic carbocycles. The summed E-state index contributed by atoms with van der Waals surface area (Å²) in [5, 5.41) is 8.77. The fourth-order valence-corrected chi connectivity index (χ4v) is 2.44. The zero-order chi connectivity index (χ0) is 20.4. The van der Waals surface area contributed by atoms with Crippen molar-refractivity contribution in [1.29, 1.82) is 0 Å². The highest BCUT2D eigenvalue weighted by Crippen LogP contribution is 2.41. The third-order valence-corrected chi connectivity index (χ3v) is 3.49. The Labute approximate surface area is 148 Å². The fraction of sp³-hybridized carbons (Fsp3) is 0.176. The van der Waals surface area contributed by atoms with Crippen molar-refractivity contribution >= 4 is 12.4 Å². The van der Waals surface area contributed by atoms with Gasteiger partial charge in [-0.3, -0.25) is 0 Å². The molecule has 10 heteroatoms. The molecule has 1 N–H and O–H groups in total. The lowest BCUT2D eigenvalue weighted by Crippen LogP contribution is -2.12. The number of carbonyl (C=O) groups excluding carboxylic acids is 1. The Bertz CT molecular complexity index is 838. The van der Waals surface area contributed by atoms with Crippen LogP contribution in [0.15, 0.2) is 36.4 Å². The van der Waals surface area contributed by atoms with Gasteiger partial charge in [0.1, 0.15) is 12.0 Å². The molecule has 144 valence electrons. The Morgan fingerprint density at radius 3 is 2.00 bits per heavy atom. The van der Waals surface area contributed by atoms with E-state index >= 15 is 0 Å². The Morgan fingerprint density at radius 1 is 1.00 bits per heavy atom. The molecule has 2 aromatic rings. The van der Waals surface area contributed by atoms with Gasteiger partial charge in [0.25, 0.3) is 0 Å². The molecule has 2 rings (SSSR count). The van der Waals surface area contributed by atoms with Gasteiger partial charge in [0.2, 0.25) is 0 Å². The molecule has 0 radical (unpaired) electrons. The van der Waals surface area contributed by atoms with E-state index in [2.05, 4.69) is 4.74 Å². The second-order valence-corrected chi connectivity index (χ2v) is 5.32. The van der Waals surface area contributed by atoms with Crippen molar-refractivity contribution in [3.63, 3.8) is 0 Å². The molecule has 0 amide bonds. The molecule has 0 saturated heterocycles. The van der Waals surface area contributed by atoms with Gasteiger partial charge in [-0.25, -0.2) is 4.79 Å². The lowest BCUT2D eigenvalue weighted by molar-refractivity contribution is -0.143. The summed E-state index contributed by atoms with van der Waals surface area (Å²) in [6.45, 7) is 0. The molecule has 0 atom stereocenters. The van der Waals surface area contributed by atoms with Gasteiger partial charge < -0.3 is 14.6 Å². The lowest BCUT2D eigenvalue weighted by atomic mass is 9.93. The van der Waals surface area contributed by atoms with Crippen LogP contribution < -0.4 is 4.74 Å². The molecule has 0 heterocycles. The molecule has 4 nitrogen and oxygen atoms in total. The Balaban J connectivity index is 2.83. The summed E-state index contributed by atoms with van der Waals surface area (Å²) in [4.78, 5) is 21.6. The third kappa shape index (κ3) is 4.78. The van der Waals surface area contributed by atoms with Gasteiger partial charge >= 0.3 is 18.5 Å². The molecule has 0 saturated carbocycles. The topological polar surface area (TPSA) is 63.6 Å². The Morgan fingerprint density at radius 2 is 1.56 bits per heavy atom. The minimum atomic E-state index is -5.08. The van der Waals surface area contributed by atoms with Crippen LogP contribution in [0, 0.1) is 0 Å². The van der Waals surface area contributed by atoms with Crippen LogP contribution in [0.3, 0.4) is 0 Å². The van der Waals surface area contributed by atoms with Gasteiger partial charge in [-0.2, -0.15) is 26.3 Å². The van der Waals surface area contributed by atoms with Crippen molar-refractivity contribution in [2.75, 3.05) is 0 Å². The number of benzene rings is 2. The van der Waals surface area contributed by atoms with Gasteiger partial charge in [-0.1, -0.05) is 12.1 Å². The van der Waals surface area contributed by atoms with E-state index < -0.39 is 40.9 Å². The number of halogens is 6. The SMILES string of the molecule is O=CCc1cccc(OC(=O)O)c1-c1cc(C(F)(F)F)cc(C(F)(F)F)c1. The van der Waals surface area contributed by atoms with E-state index in [1.807, 2.05) is 0 Å². The molecule has 0 aliphatic carbocycles. The Hall–Kier alpha value is -3.04. The summed E-state index contributed by atoms with van der Waals surface area (Å²) in [7, 11) is 0. The molecule has 0 aliphatic heterocycles. The normalized spacial score (nSPS) is 11.9. The first-order chi connectivity index (χ1) is 12.4. The summed E-state index contributed by atoms with van der Waals surface area (Å²) in [5.41, 5.74) is -4.06. The molecule has 0 unspecified atom stereocenters. The van der Waals surface area contributed by atoms with E-state index in [4.69, 9.17) is 5.11 Å². The van der Waals surface area contributed by atoms with Crippen LogP contribution in [-0.4, -0.2) is 17.5 Å². The van der Waals surface area contributed by atoms with Crippen LogP contribution in [0.4, 0.5) is 31.1 Å². The average molecular weight is 392 g/mol. The third-order valence-electron chi connectivity index (χ3n) is 3.49. The zero-order valence-electron chi connectivity index (χ0n) is 13.2. The molecule has 0 bridgehead atoms. The highest BCUT2D eigenvalue weighted by atomic mass is 19.4. The molecule has 27 heavy (non-hydrogen) atoms. The van der Waals surface area contributed by atoms with Crippen LogP contribution in [0.25, 0.3) is 11.1 Å². The van der Waals surface area contributed by atoms with E-state index in [0.717, 1.165) is 6.07 Å². The number of carboxylic acid groups (broad SMARTS) is 1. The highest BCUT2D eigenvalue weighted by molar-refractivity contribution is 5.80. The number of carbonyl (C=O) groups is 2. The molecule has 0 aliphatic rings. The van der Waals surface area contributed by atoms with E-state index in [1.165, 1.54) is 12.1 Å². The molecule has 0 spiro atoms. The van der Waals surface area contributed by atoms with Gasteiger partial charge in [0.05, 0.1) is 11.1 Å². The molecule has 0 fully saturated rings. The smallest absolute Gasteiger partial charge is 0.449 e. The standard InChI is InChI=1S/C17H10F6O4/c18-16(19,20)11-6-10(7-12(8-11)17(21,22)23)14-9(4-5-24)2-1-3-13(14)27-15(25)26/h1-3,5-8H,4H2,(H,25,26). The van der Waals surface area contributed by atoms with Crippen molar-refractivity contribution in [2.24, 2.45) is 0 Å². The number of ether oxygens (including phenoxy) is 1. The van der Waals surface area contributed by atoms with Crippen LogP contribution >= 0.6 is 0 Å². The molecule has 0 aromatic heterocycles. The summed E-state index contributed by atoms with van der Waals surface area (Å²) in [6.07, 6.45) is -12.0. The number of hydrogen-bond donors (Lipinski definition) is 1. The largest absolute Gasteiger partial charge is 0.511 e. The summed E-state index contributed by atoms with van der Waals surface area (Å²) < 4.78 is 82.8. The van der Waals surface area contributed by atoms with Crippen molar-refractivity contribution in [2.45, 2.75) is 18.8 Å². The van der Waals surface area contributed by atoms with E-state index in [1.54, 1.807) is 0 Å². The second-order valence-electron chi connectivity index (χ2n) is 5.32. The summed E-state index contributed by atoms with van der Waals surface area (Å²) in [5.74, 6) is -0.491. The van der Waals surface area contributed by atoms with Crippen LogP contribution in [0.5, 0.6) is 5.75 Å². The number of rotatable bonds is 4. The van der Waals surface area contributed by atoms with Crippen LogP contribution in [0.2, 0.25) is 0 Å². The van der Waals surface area contributed by atoms with E-state index in [9.17, 15) is 35.9 Å². The predicted octanol–water partition coefficient (Wildman–Crippen LogP) is 5.19. The van der Waals surface area contributed by atoms with Crippen LogP contribution in [0.1, 0.15) is 16.7 Å². The predicted molar refractivity (Wildman–Crippen MR) is 80.3 cm³/mol. The lowest BCUT2D eigenvalue weighted by Gasteiger charge is -2.17. The number of aldehydes is 1. The maximum Gasteiger partial charge on any atom is 0.511 e. The maximum absolute atomic E-state index is 13.1. The van der Waals surface area contributed by atoms with Gasteiger partial charge in [-0.05, 0) is 35.4 Å². The van der Waals surface area contributed by atoms with E-state index in [-0.39, 0.29) is 23.6 Å². The van der Waals surface area contributed by atoms with Crippen molar-refractivity contribution in [3.05, 3.63) is 53.1 Å². The molecular weight excluding hydrogens is 382 g/mol. The monoisotopic (exact) mass is 392 g/mol. The minimum absolute atomic E-state index is 0.0104. The highest BCUT2D eigenvalue weighted by Gasteiger charge is 2.37. The van der Waals surface area contributed by atoms with Crippen LogP contribution in [-0.2, 0) is 23.6 Å². The first kappa shape index (κ1) is 20.3. The first-order valence-electron chi connectivity index (χ1n) is 7.19. The zero-order valence-corrected chi connectivity index (χ0v) is 13.2. The summed E-state index contributed by atoms with van der Waals surface area (Å²) >= 11 is 0. The first-order valence-corrected chi connectivity index (χ1v) is 7.19. The minimum Gasteiger partial charge on any atom is -0.449 e. The van der Waals surface area contributed by atoms with Gasteiger partial charge in [0, 0.05) is 12.0 Å².